The summed E-state index contributed by atoms with van der Waals surface area (Å²) in [4.78, 5) is 25.6. The summed E-state index contributed by atoms with van der Waals surface area (Å²) in [5.74, 6) is -0.704. The third kappa shape index (κ3) is 5.26. The lowest BCUT2D eigenvalue weighted by Crippen LogP contribution is -2.40. The van der Waals surface area contributed by atoms with Crippen LogP contribution < -0.4 is 15.4 Å². The van der Waals surface area contributed by atoms with E-state index in [1.54, 1.807) is 24.3 Å². The molecule has 0 aromatic heterocycles. The van der Waals surface area contributed by atoms with E-state index in [-0.39, 0.29) is 41.2 Å². The van der Waals surface area contributed by atoms with Gasteiger partial charge in [-0.05, 0) is 44.2 Å². The van der Waals surface area contributed by atoms with Crippen LogP contribution in [0, 0.1) is 0 Å². The first-order valence-corrected chi connectivity index (χ1v) is 11.6. The highest BCUT2D eigenvalue weighted by atomic mass is 32.2. The average Bonchev–Trinajstić information content (AvgIpc) is 2.79. The van der Waals surface area contributed by atoms with E-state index >= 15 is 0 Å². The van der Waals surface area contributed by atoms with Gasteiger partial charge in [0, 0.05) is 19.1 Å². The topological polar surface area (TPSA) is 114 Å². The van der Waals surface area contributed by atoms with Gasteiger partial charge >= 0.3 is 0 Å². The largest absolute Gasteiger partial charge is 0.496 e. The molecule has 0 bridgehead atoms. The first kappa shape index (κ1) is 23.7. The second kappa shape index (κ2) is 10.1. The number of carbonyl (C=O) groups is 2. The molecule has 32 heavy (non-hydrogen) atoms. The Balaban J connectivity index is 1.92. The Morgan fingerprint density at radius 2 is 1.72 bits per heavy atom. The van der Waals surface area contributed by atoms with Gasteiger partial charge in [-0.15, -0.1) is 0 Å². The fourth-order valence-electron chi connectivity index (χ4n) is 3.28. The van der Waals surface area contributed by atoms with Gasteiger partial charge in [0.15, 0.2) is 0 Å². The molecule has 2 amide bonds. The Morgan fingerprint density at radius 1 is 1.03 bits per heavy atom. The SMILES string of the molecule is COc1ccc(S(=O)(=O)N2CCOCC2)cc1C(=O)Nc1ccccc1C(=O)NC(C)C. The number of morpholine rings is 1. The quantitative estimate of drug-likeness (QED) is 0.653. The Morgan fingerprint density at radius 3 is 2.38 bits per heavy atom. The highest BCUT2D eigenvalue weighted by molar-refractivity contribution is 7.89. The van der Waals surface area contributed by atoms with Gasteiger partial charge in [0.05, 0.1) is 42.0 Å². The Kier molecular flexibility index (Phi) is 7.49. The van der Waals surface area contributed by atoms with E-state index in [1.165, 1.54) is 29.6 Å². The molecule has 1 fully saturated rings. The molecule has 1 aliphatic rings. The predicted octanol–water partition coefficient (Wildman–Crippen LogP) is 2.11. The molecule has 2 aromatic rings. The Hall–Kier alpha value is -2.95. The molecule has 2 aromatic carbocycles. The van der Waals surface area contributed by atoms with Crippen LogP contribution in [0.1, 0.15) is 34.6 Å². The maximum Gasteiger partial charge on any atom is 0.259 e. The van der Waals surface area contributed by atoms with Gasteiger partial charge < -0.3 is 20.1 Å². The number of benzene rings is 2. The first-order valence-electron chi connectivity index (χ1n) is 10.2. The third-order valence-corrected chi connectivity index (χ3v) is 6.76. The maximum absolute atomic E-state index is 13.1. The molecule has 2 N–H and O–H groups in total. The summed E-state index contributed by atoms with van der Waals surface area (Å²) in [5.41, 5.74) is 0.644. The zero-order chi connectivity index (χ0) is 23.3. The standard InChI is InChI=1S/C22H27N3O6S/c1-15(2)23-21(26)17-6-4-5-7-19(17)24-22(27)18-14-16(8-9-20(18)30-3)32(28,29)25-10-12-31-13-11-25/h4-9,14-15H,10-13H2,1-3H3,(H,23,26)(H,24,27). The summed E-state index contributed by atoms with van der Waals surface area (Å²) in [6.07, 6.45) is 0. The number of nitrogens with one attached hydrogen (secondary N) is 2. The number of methoxy groups -OCH3 is 1. The van der Waals surface area contributed by atoms with Crippen LogP contribution in [-0.4, -0.2) is 64.0 Å². The minimum Gasteiger partial charge on any atom is -0.496 e. The normalized spacial score (nSPS) is 14.8. The van der Waals surface area contributed by atoms with E-state index in [0.29, 0.717) is 24.5 Å². The van der Waals surface area contributed by atoms with Crippen LogP contribution in [0.25, 0.3) is 0 Å². The van der Waals surface area contributed by atoms with Gasteiger partial charge in [-0.2, -0.15) is 4.31 Å². The first-order chi connectivity index (χ1) is 15.2. The summed E-state index contributed by atoms with van der Waals surface area (Å²) in [6.45, 7) is 4.80. The Bertz CT molecular complexity index is 1090. The van der Waals surface area contributed by atoms with Crippen molar-refractivity contribution >= 4 is 27.5 Å². The van der Waals surface area contributed by atoms with Crippen molar-refractivity contribution < 1.29 is 27.5 Å². The highest BCUT2D eigenvalue weighted by Crippen LogP contribution is 2.26. The van der Waals surface area contributed by atoms with Crippen molar-refractivity contribution in [2.24, 2.45) is 0 Å². The number of ether oxygens (including phenoxy) is 2. The molecule has 0 radical (unpaired) electrons. The summed E-state index contributed by atoms with van der Waals surface area (Å²) in [5, 5.41) is 5.50. The molecular formula is C22H27N3O6S. The van der Waals surface area contributed by atoms with Crippen molar-refractivity contribution in [3.63, 3.8) is 0 Å². The molecule has 10 heteroatoms. The van der Waals surface area contributed by atoms with Gasteiger partial charge in [0.2, 0.25) is 10.0 Å². The molecule has 1 heterocycles. The molecule has 9 nitrogen and oxygen atoms in total. The lowest BCUT2D eigenvalue weighted by molar-refractivity contribution is 0.0730. The summed E-state index contributed by atoms with van der Waals surface area (Å²) >= 11 is 0. The second-order valence-electron chi connectivity index (χ2n) is 7.51. The molecule has 0 saturated carbocycles. The van der Waals surface area contributed by atoms with Crippen molar-refractivity contribution in [3.8, 4) is 5.75 Å². The lowest BCUT2D eigenvalue weighted by atomic mass is 10.1. The monoisotopic (exact) mass is 461 g/mol. The highest BCUT2D eigenvalue weighted by Gasteiger charge is 2.28. The summed E-state index contributed by atoms with van der Waals surface area (Å²) < 4.78 is 37.9. The molecule has 1 saturated heterocycles. The predicted molar refractivity (Wildman–Crippen MR) is 120 cm³/mol. The van der Waals surface area contributed by atoms with E-state index < -0.39 is 15.9 Å². The number of para-hydroxylation sites is 1. The van der Waals surface area contributed by atoms with E-state index in [4.69, 9.17) is 9.47 Å². The Labute approximate surface area is 187 Å². The molecule has 1 aliphatic heterocycles. The maximum atomic E-state index is 13.1. The smallest absolute Gasteiger partial charge is 0.259 e. The third-order valence-electron chi connectivity index (χ3n) is 4.86. The van der Waals surface area contributed by atoms with Crippen LogP contribution in [0.3, 0.4) is 0 Å². The van der Waals surface area contributed by atoms with Crippen molar-refractivity contribution in [3.05, 3.63) is 53.6 Å². The molecule has 0 atom stereocenters. The number of carbonyl (C=O) groups excluding carboxylic acids is 2. The van der Waals surface area contributed by atoms with E-state index in [1.807, 2.05) is 13.8 Å². The van der Waals surface area contributed by atoms with Crippen LogP contribution in [0.15, 0.2) is 47.4 Å². The van der Waals surface area contributed by atoms with Gasteiger partial charge in [0.1, 0.15) is 5.75 Å². The zero-order valence-electron chi connectivity index (χ0n) is 18.3. The number of amides is 2. The minimum atomic E-state index is -3.80. The molecule has 3 rings (SSSR count). The van der Waals surface area contributed by atoms with Crippen LogP contribution in [0.2, 0.25) is 0 Å². The molecule has 0 spiro atoms. The number of hydrogen-bond donors (Lipinski definition) is 2. The van der Waals surface area contributed by atoms with Gasteiger partial charge in [0.25, 0.3) is 11.8 Å². The molecular weight excluding hydrogens is 434 g/mol. The van der Waals surface area contributed by atoms with Gasteiger partial charge in [-0.1, -0.05) is 12.1 Å². The van der Waals surface area contributed by atoms with Crippen molar-refractivity contribution in [1.82, 2.24) is 9.62 Å². The average molecular weight is 462 g/mol. The van der Waals surface area contributed by atoms with Gasteiger partial charge in [-0.25, -0.2) is 8.42 Å². The van der Waals surface area contributed by atoms with Crippen molar-refractivity contribution in [2.75, 3.05) is 38.7 Å². The van der Waals surface area contributed by atoms with Crippen LogP contribution in [-0.2, 0) is 14.8 Å². The number of nitrogens with zero attached hydrogens (tertiary/aromatic N) is 1. The number of hydrogen-bond acceptors (Lipinski definition) is 6. The summed E-state index contributed by atoms with van der Waals surface area (Å²) in [6, 6.07) is 10.7. The van der Waals surface area contributed by atoms with E-state index in [0.717, 1.165) is 0 Å². The number of rotatable bonds is 7. The molecule has 0 aliphatic carbocycles. The minimum absolute atomic E-state index is 0.0174. The van der Waals surface area contributed by atoms with Gasteiger partial charge in [-0.3, -0.25) is 9.59 Å². The molecule has 0 unspecified atom stereocenters. The number of sulfonamides is 1. The van der Waals surface area contributed by atoms with E-state index in [9.17, 15) is 18.0 Å². The van der Waals surface area contributed by atoms with E-state index in [2.05, 4.69) is 10.6 Å². The zero-order valence-corrected chi connectivity index (χ0v) is 19.1. The van der Waals surface area contributed by atoms with Crippen LogP contribution in [0.5, 0.6) is 5.75 Å². The molecule has 172 valence electrons. The second-order valence-corrected chi connectivity index (χ2v) is 9.44. The fraction of sp³-hybridized carbons (Fsp3) is 0.364. The van der Waals surface area contributed by atoms with Crippen molar-refractivity contribution in [1.29, 1.82) is 0 Å². The van der Waals surface area contributed by atoms with Crippen LogP contribution >= 0.6 is 0 Å². The van der Waals surface area contributed by atoms with Crippen LogP contribution in [0.4, 0.5) is 5.69 Å². The number of anilines is 1. The summed E-state index contributed by atoms with van der Waals surface area (Å²) in [7, 11) is -2.40. The van der Waals surface area contributed by atoms with Crippen molar-refractivity contribution in [2.45, 2.75) is 24.8 Å². The lowest BCUT2D eigenvalue weighted by Gasteiger charge is -2.26. The fourth-order valence-corrected chi connectivity index (χ4v) is 4.72.